The van der Waals surface area contributed by atoms with E-state index in [1.807, 2.05) is 18.2 Å². The molecule has 23 heavy (non-hydrogen) atoms. The lowest BCUT2D eigenvalue weighted by atomic mass is 9.94. The molecule has 2 aliphatic rings. The third kappa shape index (κ3) is 4.01. The monoisotopic (exact) mass is 356 g/mol. The summed E-state index contributed by atoms with van der Waals surface area (Å²) in [4.78, 5) is 15.1. The molecule has 2 N–H and O–H groups in total. The molecule has 1 aliphatic carbocycles. The highest BCUT2D eigenvalue weighted by molar-refractivity contribution is 6.31. The highest BCUT2D eigenvalue weighted by atomic mass is 35.5. The third-order valence-corrected chi connectivity index (χ3v) is 5.72. The second-order valence-electron chi connectivity index (χ2n) is 6.66. The van der Waals surface area contributed by atoms with Crippen LogP contribution in [0.1, 0.15) is 37.7 Å². The number of halogens is 2. The van der Waals surface area contributed by atoms with Gasteiger partial charge >= 0.3 is 0 Å². The Hall–Kier alpha value is -0.770. The number of rotatable bonds is 4. The highest BCUT2D eigenvalue weighted by Crippen LogP contribution is 2.35. The average molecular weight is 357 g/mol. The molecule has 3 rings (SSSR count). The van der Waals surface area contributed by atoms with Gasteiger partial charge in [-0.2, -0.15) is 0 Å². The van der Waals surface area contributed by atoms with E-state index in [0.717, 1.165) is 55.7 Å². The van der Waals surface area contributed by atoms with Crippen LogP contribution in [0.3, 0.4) is 0 Å². The normalized spacial score (nSPS) is 27.0. The maximum Gasteiger partial charge on any atom is 0.226 e. The van der Waals surface area contributed by atoms with Crippen molar-refractivity contribution in [1.29, 1.82) is 0 Å². The van der Waals surface area contributed by atoms with Gasteiger partial charge in [-0.25, -0.2) is 0 Å². The number of carbonyl (C=O) groups excluding carboxylic acids is 1. The number of benzene rings is 1. The van der Waals surface area contributed by atoms with Crippen molar-refractivity contribution in [1.82, 2.24) is 4.90 Å². The summed E-state index contributed by atoms with van der Waals surface area (Å²) in [5.41, 5.74) is 7.00. The molecular formula is C18H26Cl2N2O. The summed E-state index contributed by atoms with van der Waals surface area (Å²) in [6, 6.07) is 8.27. The van der Waals surface area contributed by atoms with E-state index in [2.05, 4.69) is 11.0 Å². The maximum atomic E-state index is 12.9. The van der Waals surface area contributed by atoms with Gasteiger partial charge in [-0.15, -0.1) is 12.4 Å². The number of carbonyl (C=O) groups is 1. The lowest BCUT2D eigenvalue weighted by Gasteiger charge is -2.30. The molecule has 1 amide bonds. The lowest BCUT2D eigenvalue weighted by molar-refractivity contribution is -0.137. The van der Waals surface area contributed by atoms with Crippen LogP contribution in [0.5, 0.6) is 0 Å². The number of nitrogens with two attached hydrogens (primary N) is 1. The fraction of sp³-hybridized carbons (Fsp3) is 0.611. The predicted molar refractivity (Wildman–Crippen MR) is 97.0 cm³/mol. The van der Waals surface area contributed by atoms with Crippen LogP contribution >= 0.6 is 24.0 Å². The summed E-state index contributed by atoms with van der Waals surface area (Å²) in [6.07, 6.45) is 6.30. The van der Waals surface area contributed by atoms with Crippen LogP contribution in [0, 0.1) is 11.8 Å². The van der Waals surface area contributed by atoms with Crippen LogP contribution in [0.4, 0.5) is 0 Å². The Kier molecular flexibility index (Phi) is 6.75. The summed E-state index contributed by atoms with van der Waals surface area (Å²) in [7, 11) is 0. The number of hydrogen-bond donors (Lipinski definition) is 1. The Morgan fingerprint density at radius 3 is 2.74 bits per heavy atom. The van der Waals surface area contributed by atoms with Gasteiger partial charge < -0.3 is 10.6 Å². The Morgan fingerprint density at radius 1 is 1.22 bits per heavy atom. The smallest absolute Gasteiger partial charge is 0.226 e. The van der Waals surface area contributed by atoms with E-state index >= 15 is 0 Å². The summed E-state index contributed by atoms with van der Waals surface area (Å²) in [5, 5.41) is 0.808. The average Bonchev–Trinajstić information content (AvgIpc) is 3.17. The first-order chi connectivity index (χ1) is 10.7. The molecule has 0 aromatic heterocycles. The first-order valence-electron chi connectivity index (χ1n) is 8.44. The van der Waals surface area contributed by atoms with Gasteiger partial charge in [0.2, 0.25) is 5.91 Å². The fourth-order valence-electron chi connectivity index (χ4n) is 4.11. The molecule has 3 atom stereocenters. The first-order valence-corrected chi connectivity index (χ1v) is 8.82. The molecule has 0 spiro atoms. The number of amides is 1. The molecule has 3 nitrogen and oxygen atoms in total. The SMILES string of the molecule is Cl.NC[C@H]1CCC[C@H]1C(=O)N1CCCC1Cc1ccccc1Cl. The molecule has 0 radical (unpaired) electrons. The molecule has 1 aromatic carbocycles. The van der Waals surface area contributed by atoms with E-state index in [0.29, 0.717) is 24.4 Å². The van der Waals surface area contributed by atoms with Crippen molar-refractivity contribution in [2.24, 2.45) is 17.6 Å². The van der Waals surface area contributed by atoms with Gasteiger partial charge in [0.1, 0.15) is 0 Å². The van der Waals surface area contributed by atoms with Crippen molar-refractivity contribution < 1.29 is 4.79 Å². The second-order valence-corrected chi connectivity index (χ2v) is 7.06. The minimum atomic E-state index is 0. The molecule has 1 aliphatic heterocycles. The largest absolute Gasteiger partial charge is 0.339 e. The van der Waals surface area contributed by atoms with Crippen molar-refractivity contribution in [3.8, 4) is 0 Å². The van der Waals surface area contributed by atoms with Crippen molar-refractivity contribution in [2.75, 3.05) is 13.1 Å². The van der Waals surface area contributed by atoms with Crippen molar-refractivity contribution in [3.05, 3.63) is 34.9 Å². The van der Waals surface area contributed by atoms with E-state index in [9.17, 15) is 4.79 Å². The van der Waals surface area contributed by atoms with Gasteiger partial charge in [-0.3, -0.25) is 4.79 Å². The third-order valence-electron chi connectivity index (χ3n) is 5.35. The molecular weight excluding hydrogens is 331 g/mol. The summed E-state index contributed by atoms with van der Waals surface area (Å²) in [5.74, 6) is 0.869. The summed E-state index contributed by atoms with van der Waals surface area (Å²) >= 11 is 6.28. The van der Waals surface area contributed by atoms with Gasteiger partial charge in [0.15, 0.2) is 0 Å². The molecule has 0 bridgehead atoms. The quantitative estimate of drug-likeness (QED) is 0.894. The maximum absolute atomic E-state index is 12.9. The standard InChI is InChI=1S/C18H25ClN2O.ClH/c19-17-9-2-1-5-13(17)11-15-7-4-10-21(15)18(22)16-8-3-6-14(16)12-20;/h1-2,5,9,14-16H,3-4,6-8,10-12,20H2;1H/t14-,15?,16-;/m1./s1. The molecule has 1 saturated carbocycles. The van der Waals surface area contributed by atoms with Gasteiger partial charge in [-0.1, -0.05) is 36.2 Å². The summed E-state index contributed by atoms with van der Waals surface area (Å²) in [6.45, 7) is 1.53. The van der Waals surface area contributed by atoms with E-state index in [1.54, 1.807) is 0 Å². The second kappa shape index (κ2) is 8.36. The first kappa shape index (κ1) is 18.6. The van der Waals surface area contributed by atoms with E-state index in [-0.39, 0.29) is 18.3 Å². The predicted octanol–water partition coefficient (Wildman–Crippen LogP) is 3.67. The van der Waals surface area contributed by atoms with Gasteiger partial charge in [0.05, 0.1) is 0 Å². The molecule has 128 valence electrons. The fourth-order valence-corrected chi connectivity index (χ4v) is 4.33. The number of hydrogen-bond acceptors (Lipinski definition) is 2. The minimum Gasteiger partial charge on any atom is -0.339 e. The van der Waals surface area contributed by atoms with Gasteiger partial charge in [0, 0.05) is 23.5 Å². The molecule has 1 saturated heterocycles. The summed E-state index contributed by atoms with van der Waals surface area (Å²) < 4.78 is 0. The van der Waals surface area contributed by atoms with Crippen LogP contribution in [0.15, 0.2) is 24.3 Å². The Labute approximate surface area is 150 Å². The van der Waals surface area contributed by atoms with Crippen LogP contribution in [0.2, 0.25) is 5.02 Å². The zero-order chi connectivity index (χ0) is 15.5. The topological polar surface area (TPSA) is 46.3 Å². The number of nitrogens with zero attached hydrogens (tertiary/aromatic N) is 1. The van der Waals surface area contributed by atoms with E-state index in [4.69, 9.17) is 17.3 Å². The Balaban J connectivity index is 0.00000192. The van der Waals surface area contributed by atoms with Crippen LogP contribution in [-0.4, -0.2) is 29.9 Å². The Bertz CT molecular complexity index is 538. The van der Waals surface area contributed by atoms with Gasteiger partial charge in [0.25, 0.3) is 0 Å². The van der Waals surface area contributed by atoms with E-state index < -0.39 is 0 Å². The van der Waals surface area contributed by atoms with Crippen LogP contribution in [0.25, 0.3) is 0 Å². The molecule has 1 heterocycles. The van der Waals surface area contributed by atoms with Crippen LogP contribution < -0.4 is 5.73 Å². The van der Waals surface area contributed by atoms with Crippen molar-refractivity contribution >= 4 is 29.9 Å². The highest BCUT2D eigenvalue weighted by Gasteiger charge is 2.38. The van der Waals surface area contributed by atoms with Crippen molar-refractivity contribution in [3.63, 3.8) is 0 Å². The minimum absolute atomic E-state index is 0. The zero-order valence-corrected chi connectivity index (χ0v) is 15.0. The lowest BCUT2D eigenvalue weighted by Crippen LogP contribution is -2.42. The molecule has 2 fully saturated rings. The van der Waals surface area contributed by atoms with Crippen LogP contribution in [-0.2, 0) is 11.2 Å². The van der Waals surface area contributed by atoms with E-state index in [1.165, 1.54) is 0 Å². The molecule has 5 heteroatoms. The van der Waals surface area contributed by atoms with Crippen molar-refractivity contribution in [2.45, 2.75) is 44.6 Å². The molecule has 1 aromatic rings. The molecule has 1 unspecified atom stereocenters. The van der Waals surface area contributed by atoms with Gasteiger partial charge in [-0.05, 0) is 56.2 Å². The number of likely N-dealkylation sites (tertiary alicyclic amines) is 1. The Morgan fingerprint density at radius 2 is 2.00 bits per heavy atom. The zero-order valence-electron chi connectivity index (χ0n) is 13.4.